The number of benzene rings is 1. The van der Waals surface area contributed by atoms with Gasteiger partial charge in [-0.15, -0.1) is 11.3 Å². The number of nitrogens with one attached hydrogen (secondary N) is 1. The van der Waals surface area contributed by atoms with Crippen LogP contribution in [0.3, 0.4) is 0 Å². The van der Waals surface area contributed by atoms with Gasteiger partial charge in [0.1, 0.15) is 0 Å². The minimum absolute atomic E-state index is 0.160. The lowest BCUT2D eigenvalue weighted by Crippen LogP contribution is -2.06. The number of thiazole rings is 1. The highest BCUT2D eigenvalue weighted by Crippen LogP contribution is 2.25. The maximum absolute atomic E-state index is 11.8. The maximum atomic E-state index is 11.8. The number of aromatic nitrogens is 1. The fourth-order valence-electron chi connectivity index (χ4n) is 1.62. The van der Waals surface area contributed by atoms with Crippen LogP contribution in [0.25, 0.3) is 16.3 Å². The average molecular weight is 286 g/mol. The van der Waals surface area contributed by atoms with Crippen molar-refractivity contribution in [1.29, 1.82) is 0 Å². The Labute approximate surface area is 118 Å². The lowest BCUT2D eigenvalue weighted by Gasteiger charge is -1.94. The zero-order valence-corrected chi connectivity index (χ0v) is 11.5. The first-order chi connectivity index (χ1) is 9.31. The summed E-state index contributed by atoms with van der Waals surface area (Å²) in [5, 5.41) is 5.38. The number of carbonyl (C=O) groups excluding carboxylic acids is 1. The molecular weight excluding hydrogens is 276 g/mol. The van der Waals surface area contributed by atoms with Crippen molar-refractivity contribution in [3.63, 3.8) is 0 Å². The monoisotopic (exact) mass is 286 g/mol. The van der Waals surface area contributed by atoms with Gasteiger partial charge in [-0.05, 0) is 29.7 Å². The van der Waals surface area contributed by atoms with Gasteiger partial charge in [0, 0.05) is 11.0 Å². The third-order valence-corrected chi connectivity index (χ3v) is 4.26. The molecule has 0 aliphatic rings. The highest BCUT2D eigenvalue weighted by molar-refractivity contribution is 7.22. The van der Waals surface area contributed by atoms with Gasteiger partial charge in [-0.1, -0.05) is 29.5 Å². The Morgan fingerprint density at radius 3 is 2.89 bits per heavy atom. The van der Waals surface area contributed by atoms with E-state index in [9.17, 15) is 4.79 Å². The van der Waals surface area contributed by atoms with Crippen LogP contribution in [0.2, 0.25) is 0 Å². The molecule has 0 unspecified atom stereocenters. The molecule has 0 radical (unpaired) electrons. The molecule has 0 atom stereocenters. The zero-order valence-electron chi connectivity index (χ0n) is 9.87. The Morgan fingerprint density at radius 2 is 2.11 bits per heavy atom. The number of anilines is 1. The van der Waals surface area contributed by atoms with Crippen molar-refractivity contribution in [2.24, 2.45) is 0 Å². The molecule has 0 aliphatic carbocycles. The molecule has 19 heavy (non-hydrogen) atoms. The van der Waals surface area contributed by atoms with E-state index in [0.717, 1.165) is 15.1 Å². The molecule has 0 aliphatic heterocycles. The van der Waals surface area contributed by atoms with Crippen LogP contribution in [-0.4, -0.2) is 10.9 Å². The molecule has 3 rings (SSSR count). The Balaban J connectivity index is 1.72. The first-order valence-electron chi connectivity index (χ1n) is 5.69. The first-order valence-corrected chi connectivity index (χ1v) is 7.39. The van der Waals surface area contributed by atoms with Gasteiger partial charge in [0.25, 0.3) is 0 Å². The van der Waals surface area contributed by atoms with Crippen LogP contribution in [0.15, 0.2) is 47.9 Å². The molecule has 2 heterocycles. The number of fused-ring (bicyclic) bond motifs is 1. The highest BCUT2D eigenvalue weighted by Gasteiger charge is 2.04. The minimum atomic E-state index is -0.160. The first kappa shape index (κ1) is 12.1. The molecule has 94 valence electrons. The van der Waals surface area contributed by atoms with Crippen LogP contribution < -0.4 is 5.32 Å². The summed E-state index contributed by atoms with van der Waals surface area (Å²) in [6, 6.07) is 11.7. The van der Waals surface area contributed by atoms with Crippen molar-refractivity contribution in [1.82, 2.24) is 4.98 Å². The average Bonchev–Trinajstić information content (AvgIpc) is 3.04. The molecule has 0 fully saturated rings. The van der Waals surface area contributed by atoms with Crippen molar-refractivity contribution in [3.05, 3.63) is 52.7 Å². The van der Waals surface area contributed by atoms with E-state index in [2.05, 4.69) is 10.3 Å². The van der Waals surface area contributed by atoms with Crippen molar-refractivity contribution in [3.8, 4) is 0 Å². The van der Waals surface area contributed by atoms with Gasteiger partial charge in [0.15, 0.2) is 5.13 Å². The summed E-state index contributed by atoms with van der Waals surface area (Å²) in [7, 11) is 0. The van der Waals surface area contributed by atoms with Crippen LogP contribution in [0.4, 0.5) is 5.13 Å². The third-order valence-electron chi connectivity index (χ3n) is 2.47. The summed E-state index contributed by atoms with van der Waals surface area (Å²) in [5.41, 5.74) is 0.907. The van der Waals surface area contributed by atoms with E-state index in [0.29, 0.717) is 5.13 Å². The minimum Gasteiger partial charge on any atom is -0.298 e. The number of hydrogen-bond donors (Lipinski definition) is 1. The number of amides is 1. The zero-order chi connectivity index (χ0) is 13.1. The molecular formula is C14H10N2OS2. The van der Waals surface area contributed by atoms with Gasteiger partial charge >= 0.3 is 0 Å². The fourth-order valence-corrected chi connectivity index (χ4v) is 3.10. The van der Waals surface area contributed by atoms with E-state index in [1.54, 1.807) is 17.4 Å². The van der Waals surface area contributed by atoms with Gasteiger partial charge in [0.2, 0.25) is 5.91 Å². The topological polar surface area (TPSA) is 42.0 Å². The van der Waals surface area contributed by atoms with Gasteiger partial charge in [-0.25, -0.2) is 4.98 Å². The molecule has 2 aromatic heterocycles. The van der Waals surface area contributed by atoms with Crippen molar-refractivity contribution in [2.45, 2.75) is 0 Å². The maximum Gasteiger partial charge on any atom is 0.250 e. The highest BCUT2D eigenvalue weighted by atomic mass is 32.1. The van der Waals surface area contributed by atoms with Gasteiger partial charge < -0.3 is 0 Å². The van der Waals surface area contributed by atoms with Gasteiger partial charge in [-0.2, -0.15) is 0 Å². The molecule has 1 N–H and O–H groups in total. The molecule has 0 saturated carbocycles. The molecule has 0 saturated heterocycles. The summed E-state index contributed by atoms with van der Waals surface area (Å²) in [4.78, 5) is 17.2. The smallest absolute Gasteiger partial charge is 0.250 e. The Bertz CT molecular complexity index is 696. The van der Waals surface area contributed by atoms with Crippen LogP contribution in [-0.2, 0) is 4.79 Å². The Hall–Kier alpha value is -1.98. The quantitative estimate of drug-likeness (QED) is 0.739. The SMILES string of the molecule is O=C(C=Cc1cccs1)Nc1nc2ccccc2s1. The van der Waals surface area contributed by atoms with Crippen LogP contribution in [0, 0.1) is 0 Å². The summed E-state index contributed by atoms with van der Waals surface area (Å²) >= 11 is 3.07. The van der Waals surface area contributed by atoms with Crippen LogP contribution >= 0.6 is 22.7 Å². The second-order valence-electron chi connectivity index (χ2n) is 3.82. The Morgan fingerprint density at radius 1 is 1.21 bits per heavy atom. The van der Waals surface area contributed by atoms with Crippen molar-refractivity contribution < 1.29 is 4.79 Å². The van der Waals surface area contributed by atoms with Crippen LogP contribution in [0.1, 0.15) is 4.88 Å². The standard InChI is InChI=1S/C14H10N2OS2/c17-13(8-7-10-4-3-9-18-10)16-14-15-11-5-1-2-6-12(11)19-14/h1-9H,(H,15,16,17). The summed E-state index contributed by atoms with van der Waals surface area (Å²) in [6.07, 6.45) is 3.32. The predicted molar refractivity (Wildman–Crippen MR) is 81.6 cm³/mol. The lowest BCUT2D eigenvalue weighted by molar-refractivity contribution is -0.111. The number of hydrogen-bond acceptors (Lipinski definition) is 4. The fraction of sp³-hybridized carbons (Fsp3) is 0. The lowest BCUT2D eigenvalue weighted by atomic mass is 10.3. The van der Waals surface area contributed by atoms with E-state index in [4.69, 9.17) is 0 Å². The van der Waals surface area contributed by atoms with E-state index in [-0.39, 0.29) is 5.91 Å². The van der Waals surface area contributed by atoms with Gasteiger partial charge in [0.05, 0.1) is 10.2 Å². The summed E-state index contributed by atoms with van der Waals surface area (Å²) < 4.78 is 1.07. The molecule has 0 bridgehead atoms. The normalized spacial score (nSPS) is 11.2. The number of thiophene rings is 1. The molecule has 0 spiro atoms. The number of nitrogens with zero attached hydrogens (tertiary/aromatic N) is 1. The predicted octanol–water partition coefficient (Wildman–Crippen LogP) is 4.01. The molecule has 1 aromatic carbocycles. The van der Waals surface area contributed by atoms with Crippen molar-refractivity contribution in [2.75, 3.05) is 5.32 Å². The Kier molecular flexibility index (Phi) is 3.39. The number of rotatable bonds is 3. The van der Waals surface area contributed by atoms with Crippen molar-refractivity contribution >= 4 is 50.0 Å². The second kappa shape index (κ2) is 5.34. The molecule has 1 amide bonds. The second-order valence-corrected chi connectivity index (χ2v) is 5.83. The van der Waals surface area contributed by atoms with Crippen LogP contribution in [0.5, 0.6) is 0 Å². The number of para-hydroxylation sites is 1. The van der Waals surface area contributed by atoms with E-state index in [1.807, 2.05) is 41.8 Å². The molecule has 5 heteroatoms. The van der Waals surface area contributed by atoms with E-state index in [1.165, 1.54) is 17.4 Å². The van der Waals surface area contributed by atoms with E-state index >= 15 is 0 Å². The molecule has 3 aromatic rings. The van der Waals surface area contributed by atoms with Gasteiger partial charge in [-0.3, -0.25) is 10.1 Å². The summed E-state index contributed by atoms with van der Waals surface area (Å²) in [5.74, 6) is -0.160. The number of carbonyl (C=O) groups is 1. The summed E-state index contributed by atoms with van der Waals surface area (Å²) in [6.45, 7) is 0. The van der Waals surface area contributed by atoms with E-state index < -0.39 is 0 Å². The largest absolute Gasteiger partial charge is 0.298 e. The molecule has 3 nitrogen and oxygen atoms in total. The third kappa shape index (κ3) is 2.89.